The van der Waals surface area contributed by atoms with Crippen LogP contribution in [0.25, 0.3) is 0 Å². The number of pyridine rings is 1. The summed E-state index contributed by atoms with van der Waals surface area (Å²) in [5.74, 6) is -0.617. The molecule has 18 heavy (non-hydrogen) atoms. The molecule has 0 bridgehead atoms. The highest BCUT2D eigenvalue weighted by atomic mass is 19.1. The molecular formula is C13H18FN3O. The maximum atomic E-state index is 13.1. The van der Waals surface area contributed by atoms with Gasteiger partial charge in [0.05, 0.1) is 11.8 Å². The molecule has 1 aromatic heterocycles. The maximum Gasteiger partial charge on any atom is 0.255 e. The molecule has 1 aromatic rings. The highest BCUT2D eigenvalue weighted by molar-refractivity contribution is 5.94. The van der Waals surface area contributed by atoms with Crippen LogP contribution in [0, 0.1) is 5.82 Å². The van der Waals surface area contributed by atoms with E-state index in [-0.39, 0.29) is 11.9 Å². The lowest BCUT2D eigenvalue weighted by atomic mass is 9.98. The van der Waals surface area contributed by atoms with Gasteiger partial charge in [0.15, 0.2) is 0 Å². The van der Waals surface area contributed by atoms with E-state index >= 15 is 0 Å². The molecule has 2 N–H and O–H groups in total. The zero-order valence-electron chi connectivity index (χ0n) is 10.3. The van der Waals surface area contributed by atoms with Crippen molar-refractivity contribution in [2.45, 2.75) is 31.7 Å². The van der Waals surface area contributed by atoms with E-state index in [0.29, 0.717) is 12.1 Å². The molecule has 1 saturated heterocycles. The Bertz CT molecular complexity index is 422. The van der Waals surface area contributed by atoms with Crippen LogP contribution in [0.2, 0.25) is 0 Å². The van der Waals surface area contributed by atoms with E-state index in [4.69, 9.17) is 5.73 Å². The largest absolute Gasteiger partial charge is 0.336 e. The number of carbonyl (C=O) groups is 1. The Kier molecular flexibility index (Phi) is 4.25. The topological polar surface area (TPSA) is 59.2 Å². The Morgan fingerprint density at radius 1 is 1.50 bits per heavy atom. The van der Waals surface area contributed by atoms with Crippen molar-refractivity contribution in [1.29, 1.82) is 0 Å². The van der Waals surface area contributed by atoms with Crippen LogP contribution in [0.3, 0.4) is 0 Å². The van der Waals surface area contributed by atoms with Crippen molar-refractivity contribution in [1.82, 2.24) is 9.88 Å². The molecule has 0 spiro atoms. The van der Waals surface area contributed by atoms with Crippen LogP contribution in [-0.4, -0.2) is 34.9 Å². The molecule has 1 atom stereocenters. The lowest BCUT2D eigenvalue weighted by Gasteiger charge is -2.35. The molecular weight excluding hydrogens is 233 g/mol. The number of hydrogen-bond acceptors (Lipinski definition) is 3. The van der Waals surface area contributed by atoms with Gasteiger partial charge in [0.2, 0.25) is 0 Å². The smallest absolute Gasteiger partial charge is 0.255 e. The molecule has 0 radical (unpaired) electrons. The van der Waals surface area contributed by atoms with E-state index in [1.165, 1.54) is 12.3 Å². The summed E-state index contributed by atoms with van der Waals surface area (Å²) >= 11 is 0. The number of nitrogens with zero attached hydrogens (tertiary/aromatic N) is 2. The lowest BCUT2D eigenvalue weighted by molar-refractivity contribution is 0.0604. The van der Waals surface area contributed by atoms with Crippen molar-refractivity contribution in [3.8, 4) is 0 Å². The summed E-state index contributed by atoms with van der Waals surface area (Å²) in [6, 6.07) is 1.42. The van der Waals surface area contributed by atoms with Crippen LogP contribution in [-0.2, 0) is 0 Å². The van der Waals surface area contributed by atoms with Gasteiger partial charge in [-0.1, -0.05) is 0 Å². The van der Waals surface area contributed by atoms with Crippen molar-refractivity contribution >= 4 is 5.91 Å². The first-order valence-corrected chi connectivity index (χ1v) is 6.34. The molecule has 98 valence electrons. The second kappa shape index (κ2) is 5.91. The van der Waals surface area contributed by atoms with Gasteiger partial charge in [0.25, 0.3) is 5.91 Å². The molecule has 1 aliphatic heterocycles. The number of hydrogen-bond donors (Lipinski definition) is 1. The molecule has 2 rings (SSSR count). The van der Waals surface area contributed by atoms with Crippen LogP contribution >= 0.6 is 0 Å². The summed E-state index contributed by atoms with van der Waals surface area (Å²) in [7, 11) is 0. The van der Waals surface area contributed by atoms with Crippen LogP contribution in [0.4, 0.5) is 4.39 Å². The van der Waals surface area contributed by atoms with Gasteiger partial charge >= 0.3 is 0 Å². The van der Waals surface area contributed by atoms with E-state index in [9.17, 15) is 9.18 Å². The minimum atomic E-state index is -0.478. The number of rotatable bonds is 3. The molecule has 0 saturated carbocycles. The first kappa shape index (κ1) is 13.0. The number of piperidine rings is 1. The third kappa shape index (κ3) is 2.85. The predicted octanol–water partition coefficient (Wildman–Crippen LogP) is 1.56. The van der Waals surface area contributed by atoms with Gasteiger partial charge in [-0.15, -0.1) is 0 Å². The average Bonchev–Trinajstić information content (AvgIpc) is 2.39. The zero-order valence-corrected chi connectivity index (χ0v) is 10.3. The van der Waals surface area contributed by atoms with Gasteiger partial charge in [0, 0.05) is 18.8 Å². The average molecular weight is 251 g/mol. The van der Waals surface area contributed by atoms with E-state index in [2.05, 4.69) is 4.98 Å². The van der Waals surface area contributed by atoms with Crippen LogP contribution in [0.5, 0.6) is 0 Å². The monoisotopic (exact) mass is 251 g/mol. The SMILES string of the molecule is NCCC1CCCCN1C(=O)c1cncc(F)c1. The molecule has 1 aliphatic rings. The van der Waals surface area contributed by atoms with Crippen molar-refractivity contribution in [3.05, 3.63) is 29.8 Å². The quantitative estimate of drug-likeness (QED) is 0.887. The fraction of sp³-hybridized carbons (Fsp3) is 0.538. The Morgan fingerprint density at radius 3 is 3.06 bits per heavy atom. The molecule has 1 unspecified atom stereocenters. The molecule has 0 aromatic carbocycles. The predicted molar refractivity (Wildman–Crippen MR) is 66.5 cm³/mol. The van der Waals surface area contributed by atoms with Crippen molar-refractivity contribution in [2.24, 2.45) is 5.73 Å². The first-order chi connectivity index (χ1) is 8.72. The number of carbonyl (C=O) groups excluding carboxylic acids is 1. The lowest BCUT2D eigenvalue weighted by Crippen LogP contribution is -2.44. The highest BCUT2D eigenvalue weighted by Crippen LogP contribution is 2.21. The van der Waals surface area contributed by atoms with Crippen LogP contribution < -0.4 is 5.73 Å². The van der Waals surface area contributed by atoms with Crippen LogP contribution in [0.15, 0.2) is 18.5 Å². The highest BCUT2D eigenvalue weighted by Gasteiger charge is 2.27. The number of aromatic nitrogens is 1. The summed E-state index contributed by atoms with van der Waals surface area (Å²) in [4.78, 5) is 17.9. The standard InChI is InChI=1S/C13H18FN3O/c14-11-7-10(8-16-9-11)13(18)17-6-2-1-3-12(17)4-5-15/h7-9,12H,1-6,15H2. The normalized spacial score (nSPS) is 19.9. The van der Waals surface area contributed by atoms with Crippen LogP contribution in [0.1, 0.15) is 36.0 Å². The van der Waals surface area contributed by atoms with Gasteiger partial charge < -0.3 is 10.6 Å². The summed E-state index contributed by atoms with van der Waals surface area (Å²) < 4.78 is 13.1. The van der Waals surface area contributed by atoms with E-state index in [0.717, 1.165) is 38.4 Å². The molecule has 5 heteroatoms. The number of amides is 1. The Labute approximate surface area is 106 Å². The van der Waals surface area contributed by atoms with Gasteiger partial charge in [-0.2, -0.15) is 0 Å². The summed E-state index contributed by atoms with van der Waals surface area (Å²) in [6.07, 6.45) is 6.41. The fourth-order valence-corrected chi connectivity index (χ4v) is 2.46. The number of halogens is 1. The number of nitrogens with two attached hydrogens (primary N) is 1. The van der Waals surface area contributed by atoms with E-state index in [1.807, 2.05) is 4.90 Å². The Hall–Kier alpha value is -1.49. The minimum absolute atomic E-state index is 0.139. The number of likely N-dealkylation sites (tertiary alicyclic amines) is 1. The maximum absolute atomic E-state index is 13.1. The van der Waals surface area contributed by atoms with Gasteiger partial charge in [-0.3, -0.25) is 9.78 Å². The fourth-order valence-electron chi connectivity index (χ4n) is 2.46. The van der Waals surface area contributed by atoms with E-state index in [1.54, 1.807) is 0 Å². The Morgan fingerprint density at radius 2 is 2.33 bits per heavy atom. The van der Waals surface area contributed by atoms with Gasteiger partial charge in [0.1, 0.15) is 5.82 Å². The van der Waals surface area contributed by atoms with Gasteiger partial charge in [-0.25, -0.2) is 4.39 Å². The van der Waals surface area contributed by atoms with E-state index < -0.39 is 5.82 Å². The third-order valence-electron chi connectivity index (χ3n) is 3.34. The molecule has 2 heterocycles. The summed E-state index contributed by atoms with van der Waals surface area (Å²) in [5.41, 5.74) is 5.89. The molecule has 0 aliphatic carbocycles. The minimum Gasteiger partial charge on any atom is -0.336 e. The van der Waals surface area contributed by atoms with Crippen molar-refractivity contribution in [2.75, 3.05) is 13.1 Å². The molecule has 1 amide bonds. The second-order valence-corrected chi connectivity index (χ2v) is 4.62. The van der Waals surface area contributed by atoms with Gasteiger partial charge in [-0.05, 0) is 38.3 Å². The first-order valence-electron chi connectivity index (χ1n) is 6.34. The Balaban J connectivity index is 2.15. The summed E-state index contributed by atoms with van der Waals surface area (Å²) in [5, 5.41) is 0. The second-order valence-electron chi connectivity index (χ2n) is 4.62. The zero-order chi connectivity index (χ0) is 13.0. The molecule has 1 fully saturated rings. The van der Waals surface area contributed by atoms with Crippen molar-refractivity contribution in [3.63, 3.8) is 0 Å². The van der Waals surface area contributed by atoms with Crippen molar-refractivity contribution < 1.29 is 9.18 Å². The summed E-state index contributed by atoms with van der Waals surface area (Å²) in [6.45, 7) is 1.29. The molecule has 4 nitrogen and oxygen atoms in total. The third-order valence-corrected chi connectivity index (χ3v) is 3.34.